The Morgan fingerprint density at radius 2 is 2.29 bits per heavy atom. The Balaban J connectivity index is 2.52. The van der Waals surface area contributed by atoms with Gasteiger partial charge in [0.05, 0.1) is 6.61 Å². The Morgan fingerprint density at radius 3 is 2.86 bits per heavy atom. The first kappa shape index (κ1) is 11.0. The molecule has 0 aromatic heterocycles. The third kappa shape index (κ3) is 2.73. The molecule has 0 atom stereocenters. The summed E-state index contributed by atoms with van der Waals surface area (Å²) in [6.45, 7) is 1.66. The lowest BCUT2D eigenvalue weighted by Crippen LogP contribution is -2.41. The highest BCUT2D eigenvalue weighted by atomic mass is 32.2. The maximum absolute atomic E-state index is 11.2. The summed E-state index contributed by atoms with van der Waals surface area (Å²) in [5, 5.41) is -0.366. The fraction of sp³-hybridized carbons (Fsp3) is 0.625. The van der Waals surface area contributed by atoms with Crippen molar-refractivity contribution in [1.82, 2.24) is 4.90 Å². The van der Waals surface area contributed by atoms with E-state index in [2.05, 4.69) is 4.74 Å². The van der Waals surface area contributed by atoms with Gasteiger partial charge in [-0.15, -0.1) is 0 Å². The van der Waals surface area contributed by atoms with E-state index in [-0.39, 0.29) is 24.3 Å². The number of hydrogen-bond donors (Lipinski definition) is 0. The Hall–Kier alpha value is -1.04. The summed E-state index contributed by atoms with van der Waals surface area (Å²) >= 11 is 1.05. The van der Waals surface area contributed by atoms with Crippen LogP contribution < -0.4 is 0 Å². The number of thioether (sulfide) groups is 1. The van der Waals surface area contributed by atoms with Gasteiger partial charge >= 0.3 is 5.97 Å². The van der Waals surface area contributed by atoms with Crippen LogP contribution in [0.25, 0.3) is 0 Å². The molecule has 14 heavy (non-hydrogen) atoms. The van der Waals surface area contributed by atoms with E-state index in [0.29, 0.717) is 12.2 Å². The molecule has 0 spiro atoms. The predicted molar refractivity (Wildman–Crippen MR) is 50.8 cm³/mol. The first-order chi connectivity index (χ1) is 6.65. The highest BCUT2D eigenvalue weighted by molar-refractivity contribution is 8.13. The van der Waals surface area contributed by atoms with Gasteiger partial charge in [-0.1, -0.05) is 11.8 Å². The van der Waals surface area contributed by atoms with Gasteiger partial charge in [0.25, 0.3) is 5.24 Å². The minimum atomic E-state index is -0.545. The highest BCUT2D eigenvalue weighted by Gasteiger charge is 2.28. The Morgan fingerprint density at radius 1 is 1.57 bits per heavy atom. The molecule has 0 aromatic carbocycles. The maximum Gasteiger partial charge on any atom is 0.326 e. The zero-order valence-electron chi connectivity index (χ0n) is 7.82. The van der Waals surface area contributed by atoms with E-state index in [0.717, 1.165) is 16.7 Å². The second-order valence-corrected chi connectivity index (χ2v) is 3.70. The van der Waals surface area contributed by atoms with E-state index < -0.39 is 5.97 Å². The van der Waals surface area contributed by atoms with Crippen molar-refractivity contribution in [2.45, 2.75) is 13.3 Å². The van der Waals surface area contributed by atoms with Crippen LogP contribution in [0.4, 0.5) is 4.79 Å². The first-order valence-corrected chi connectivity index (χ1v) is 5.26. The van der Waals surface area contributed by atoms with Crippen molar-refractivity contribution < 1.29 is 19.1 Å². The summed E-state index contributed by atoms with van der Waals surface area (Å²) < 4.78 is 4.65. The van der Waals surface area contributed by atoms with Gasteiger partial charge in [0.2, 0.25) is 5.91 Å². The van der Waals surface area contributed by atoms with Gasteiger partial charge in [-0.05, 0) is 6.92 Å². The lowest BCUT2D eigenvalue weighted by molar-refractivity contribution is -0.146. The van der Waals surface area contributed by atoms with Gasteiger partial charge in [0, 0.05) is 12.2 Å². The van der Waals surface area contributed by atoms with E-state index in [1.165, 1.54) is 0 Å². The third-order valence-electron chi connectivity index (χ3n) is 1.66. The number of ether oxygens (including phenoxy) is 1. The molecule has 0 aromatic rings. The maximum atomic E-state index is 11.2. The molecule has 1 heterocycles. The molecule has 1 saturated heterocycles. The fourth-order valence-corrected chi connectivity index (χ4v) is 1.80. The van der Waals surface area contributed by atoms with Crippen LogP contribution in [0.1, 0.15) is 13.3 Å². The van der Waals surface area contributed by atoms with E-state index >= 15 is 0 Å². The molecule has 0 unspecified atom stereocenters. The zero-order valence-corrected chi connectivity index (χ0v) is 8.63. The Labute approximate surface area is 85.8 Å². The Kier molecular flexibility index (Phi) is 3.94. The van der Waals surface area contributed by atoms with Gasteiger partial charge in [0.15, 0.2) is 0 Å². The summed E-state index contributed by atoms with van der Waals surface area (Å²) in [6.07, 6.45) is 0.301. The van der Waals surface area contributed by atoms with Crippen LogP contribution in [-0.2, 0) is 14.3 Å². The van der Waals surface area contributed by atoms with E-state index in [1.807, 2.05) is 0 Å². The van der Waals surface area contributed by atoms with Crippen LogP contribution in [0.5, 0.6) is 0 Å². The standard InChI is InChI=1S/C8H11NO4S/c1-2-13-7(11)5-9-6(10)3-4-14-8(9)12/h2-5H2,1H3. The minimum Gasteiger partial charge on any atom is -0.465 e. The van der Waals surface area contributed by atoms with Gasteiger partial charge < -0.3 is 4.74 Å². The van der Waals surface area contributed by atoms with E-state index in [9.17, 15) is 14.4 Å². The molecule has 6 heteroatoms. The van der Waals surface area contributed by atoms with Crippen LogP contribution in [0.3, 0.4) is 0 Å². The molecule has 5 nitrogen and oxygen atoms in total. The molecule has 1 aliphatic heterocycles. The summed E-state index contributed by atoms with van der Waals surface area (Å²) in [5.41, 5.74) is 0. The minimum absolute atomic E-state index is 0.252. The molecule has 78 valence electrons. The average Bonchev–Trinajstić information content (AvgIpc) is 2.12. The van der Waals surface area contributed by atoms with Gasteiger partial charge in [-0.25, -0.2) is 0 Å². The molecule has 0 radical (unpaired) electrons. The number of nitrogens with zero attached hydrogens (tertiary/aromatic N) is 1. The molecule has 0 aliphatic carbocycles. The van der Waals surface area contributed by atoms with Gasteiger partial charge in [-0.2, -0.15) is 0 Å². The molecule has 2 amide bonds. The van der Waals surface area contributed by atoms with Crippen LogP contribution in [0.15, 0.2) is 0 Å². The topological polar surface area (TPSA) is 63.7 Å². The average molecular weight is 217 g/mol. The predicted octanol–water partition coefficient (Wildman–Crippen LogP) is 0.635. The monoisotopic (exact) mass is 217 g/mol. The largest absolute Gasteiger partial charge is 0.465 e. The lowest BCUT2D eigenvalue weighted by Gasteiger charge is -2.22. The number of amides is 2. The molecule has 1 fully saturated rings. The van der Waals surface area contributed by atoms with Crippen LogP contribution in [-0.4, -0.2) is 40.9 Å². The molecule has 0 N–H and O–H groups in total. The molecular formula is C8H11NO4S. The third-order valence-corrected chi connectivity index (χ3v) is 2.53. The molecule has 1 rings (SSSR count). The number of rotatable bonds is 3. The van der Waals surface area contributed by atoms with Crippen molar-refractivity contribution in [1.29, 1.82) is 0 Å². The number of carbonyl (C=O) groups excluding carboxylic acids is 3. The van der Waals surface area contributed by atoms with E-state index in [4.69, 9.17) is 0 Å². The summed E-state index contributed by atoms with van der Waals surface area (Å²) in [7, 11) is 0. The number of carbonyl (C=O) groups is 3. The number of esters is 1. The first-order valence-electron chi connectivity index (χ1n) is 4.28. The molecular weight excluding hydrogens is 206 g/mol. The van der Waals surface area contributed by atoms with Crippen molar-refractivity contribution in [3.8, 4) is 0 Å². The summed E-state index contributed by atoms with van der Waals surface area (Å²) in [4.78, 5) is 34.4. The lowest BCUT2D eigenvalue weighted by atomic mass is 10.4. The second-order valence-electron chi connectivity index (χ2n) is 2.65. The molecule has 0 saturated carbocycles. The SMILES string of the molecule is CCOC(=O)CN1C(=O)CCSC1=O. The van der Waals surface area contributed by atoms with Gasteiger partial charge in [-0.3, -0.25) is 19.3 Å². The molecule has 1 aliphatic rings. The van der Waals surface area contributed by atoms with Crippen LogP contribution in [0, 0.1) is 0 Å². The highest BCUT2D eigenvalue weighted by Crippen LogP contribution is 2.17. The Bertz CT molecular complexity index is 250. The summed E-state index contributed by atoms with van der Waals surface area (Å²) in [6, 6.07) is 0. The zero-order chi connectivity index (χ0) is 10.6. The fourth-order valence-electron chi connectivity index (χ4n) is 1.03. The second kappa shape index (κ2) is 4.99. The smallest absolute Gasteiger partial charge is 0.326 e. The van der Waals surface area contributed by atoms with Crippen molar-refractivity contribution in [3.05, 3.63) is 0 Å². The van der Waals surface area contributed by atoms with Crippen molar-refractivity contribution in [2.75, 3.05) is 18.9 Å². The molecule has 0 bridgehead atoms. The number of hydrogen-bond acceptors (Lipinski definition) is 5. The van der Waals surface area contributed by atoms with Crippen LogP contribution in [0.2, 0.25) is 0 Å². The van der Waals surface area contributed by atoms with Crippen molar-refractivity contribution in [3.63, 3.8) is 0 Å². The normalized spacial score (nSPS) is 17.1. The van der Waals surface area contributed by atoms with Gasteiger partial charge in [0.1, 0.15) is 6.54 Å². The van der Waals surface area contributed by atoms with E-state index in [1.54, 1.807) is 6.92 Å². The number of imide groups is 1. The summed E-state index contributed by atoms with van der Waals surface area (Å²) in [5.74, 6) is -0.352. The van der Waals surface area contributed by atoms with Crippen molar-refractivity contribution >= 4 is 28.9 Å². The van der Waals surface area contributed by atoms with Crippen LogP contribution >= 0.6 is 11.8 Å². The van der Waals surface area contributed by atoms with Crippen molar-refractivity contribution in [2.24, 2.45) is 0 Å². The quantitative estimate of drug-likeness (QED) is 0.649.